The van der Waals surface area contributed by atoms with Gasteiger partial charge in [-0.3, -0.25) is 14.7 Å². The van der Waals surface area contributed by atoms with Gasteiger partial charge in [-0.15, -0.1) is 0 Å². The third kappa shape index (κ3) is 3.54. The second-order valence-electron chi connectivity index (χ2n) is 4.60. The van der Waals surface area contributed by atoms with E-state index in [-0.39, 0.29) is 0 Å². The molecule has 2 amide bonds. The van der Waals surface area contributed by atoms with Gasteiger partial charge in [-0.2, -0.15) is 5.10 Å². The molecule has 0 bridgehead atoms. The zero-order valence-electron chi connectivity index (χ0n) is 11.0. The fourth-order valence-corrected chi connectivity index (χ4v) is 2.00. The van der Waals surface area contributed by atoms with Crippen LogP contribution in [0.2, 0.25) is 0 Å². The second-order valence-corrected chi connectivity index (χ2v) is 4.60. The van der Waals surface area contributed by atoms with E-state index in [2.05, 4.69) is 20.8 Å². The third-order valence-electron chi connectivity index (χ3n) is 3.20. The Morgan fingerprint density at radius 2 is 2.26 bits per heavy atom. The van der Waals surface area contributed by atoms with E-state index in [1.807, 2.05) is 6.92 Å². The standard InChI is InChI=1S/C12H19N5O2/c1-9-10(8-15-16-9)7-14-11(18)12(19)17-5-2-3-13-4-6-17/h8,13H,2-7H2,1H3,(H,14,18)(H,15,16). The molecule has 7 nitrogen and oxygen atoms in total. The van der Waals surface area contributed by atoms with Crippen LogP contribution in [0.5, 0.6) is 0 Å². The van der Waals surface area contributed by atoms with E-state index in [0.717, 1.165) is 30.8 Å². The minimum absolute atomic E-state index is 0.318. The lowest BCUT2D eigenvalue weighted by Crippen LogP contribution is -2.44. The zero-order chi connectivity index (χ0) is 13.7. The average molecular weight is 265 g/mol. The molecule has 0 unspecified atom stereocenters. The summed E-state index contributed by atoms with van der Waals surface area (Å²) in [6.45, 7) is 5.02. The first-order valence-corrected chi connectivity index (χ1v) is 6.45. The third-order valence-corrected chi connectivity index (χ3v) is 3.20. The molecule has 0 aliphatic carbocycles. The molecule has 3 N–H and O–H groups in total. The molecule has 1 fully saturated rings. The smallest absolute Gasteiger partial charge is 0.311 e. The molecule has 1 aliphatic heterocycles. The number of carbonyl (C=O) groups excluding carboxylic acids is 2. The van der Waals surface area contributed by atoms with Crippen molar-refractivity contribution in [1.82, 2.24) is 25.7 Å². The SMILES string of the molecule is Cc1[nH]ncc1CNC(=O)C(=O)N1CCCNCC1. The first kappa shape index (κ1) is 13.5. The summed E-state index contributed by atoms with van der Waals surface area (Å²) in [5.41, 5.74) is 1.78. The van der Waals surface area contributed by atoms with E-state index in [9.17, 15) is 9.59 Å². The highest BCUT2D eigenvalue weighted by atomic mass is 16.2. The molecule has 0 saturated carbocycles. The van der Waals surface area contributed by atoms with Gasteiger partial charge in [0.25, 0.3) is 0 Å². The maximum absolute atomic E-state index is 12.0. The van der Waals surface area contributed by atoms with E-state index < -0.39 is 11.8 Å². The fraction of sp³-hybridized carbons (Fsp3) is 0.583. The summed E-state index contributed by atoms with van der Waals surface area (Å²) in [7, 11) is 0. The molecule has 1 aromatic rings. The highest BCUT2D eigenvalue weighted by molar-refractivity contribution is 6.34. The van der Waals surface area contributed by atoms with Gasteiger partial charge in [0.15, 0.2) is 0 Å². The Kier molecular flexibility index (Phi) is 4.51. The topological polar surface area (TPSA) is 90.1 Å². The Morgan fingerprint density at radius 3 is 3.00 bits per heavy atom. The number of amides is 2. The highest BCUT2D eigenvalue weighted by Gasteiger charge is 2.22. The van der Waals surface area contributed by atoms with Crippen LogP contribution in [0.3, 0.4) is 0 Å². The van der Waals surface area contributed by atoms with Crippen LogP contribution in [0.4, 0.5) is 0 Å². The number of rotatable bonds is 2. The van der Waals surface area contributed by atoms with Crippen LogP contribution in [0.25, 0.3) is 0 Å². The van der Waals surface area contributed by atoms with Crippen molar-refractivity contribution in [3.8, 4) is 0 Å². The summed E-state index contributed by atoms with van der Waals surface area (Å²) in [6, 6.07) is 0. The van der Waals surface area contributed by atoms with Gasteiger partial charge in [0.2, 0.25) is 0 Å². The van der Waals surface area contributed by atoms with E-state index >= 15 is 0 Å². The largest absolute Gasteiger partial charge is 0.344 e. The van der Waals surface area contributed by atoms with Gasteiger partial charge in [-0.25, -0.2) is 0 Å². The summed E-state index contributed by atoms with van der Waals surface area (Å²) >= 11 is 0. The highest BCUT2D eigenvalue weighted by Crippen LogP contribution is 2.02. The lowest BCUT2D eigenvalue weighted by atomic mass is 10.2. The van der Waals surface area contributed by atoms with E-state index in [4.69, 9.17) is 0 Å². The van der Waals surface area contributed by atoms with E-state index in [1.54, 1.807) is 11.1 Å². The van der Waals surface area contributed by atoms with Gasteiger partial charge in [0.05, 0.1) is 6.20 Å². The molecule has 1 aliphatic rings. The lowest BCUT2D eigenvalue weighted by Gasteiger charge is -2.19. The first-order valence-electron chi connectivity index (χ1n) is 6.45. The number of hydrogen-bond acceptors (Lipinski definition) is 4. The molecule has 7 heteroatoms. The Bertz CT molecular complexity index is 449. The second kappa shape index (κ2) is 6.33. The van der Waals surface area contributed by atoms with Crippen LogP contribution >= 0.6 is 0 Å². The van der Waals surface area contributed by atoms with Crippen molar-refractivity contribution in [2.75, 3.05) is 26.2 Å². The molecular weight excluding hydrogens is 246 g/mol. The molecule has 0 atom stereocenters. The van der Waals surface area contributed by atoms with Crippen LogP contribution in [0.15, 0.2) is 6.20 Å². The normalized spacial score (nSPS) is 15.9. The molecule has 0 aromatic carbocycles. The lowest BCUT2D eigenvalue weighted by molar-refractivity contribution is -0.145. The van der Waals surface area contributed by atoms with Crippen LogP contribution in [0, 0.1) is 6.92 Å². The summed E-state index contributed by atoms with van der Waals surface area (Å²) in [6.07, 6.45) is 2.52. The molecular formula is C12H19N5O2. The van der Waals surface area contributed by atoms with Crippen molar-refractivity contribution in [3.05, 3.63) is 17.5 Å². The molecule has 2 heterocycles. The Hall–Kier alpha value is -1.89. The number of aryl methyl sites for hydroxylation is 1. The predicted octanol–water partition coefficient (Wildman–Crippen LogP) is -0.844. The van der Waals surface area contributed by atoms with E-state index in [0.29, 0.717) is 19.6 Å². The van der Waals surface area contributed by atoms with Crippen LogP contribution in [-0.4, -0.2) is 53.1 Å². The number of aromatic amines is 1. The fourth-order valence-electron chi connectivity index (χ4n) is 2.00. The van der Waals surface area contributed by atoms with Crippen molar-refractivity contribution in [2.24, 2.45) is 0 Å². The molecule has 1 aromatic heterocycles. The number of H-pyrrole nitrogens is 1. The van der Waals surface area contributed by atoms with Crippen molar-refractivity contribution < 1.29 is 9.59 Å². The van der Waals surface area contributed by atoms with Crippen LogP contribution < -0.4 is 10.6 Å². The molecule has 1 saturated heterocycles. The predicted molar refractivity (Wildman–Crippen MR) is 69.2 cm³/mol. The molecule has 19 heavy (non-hydrogen) atoms. The number of hydrogen-bond donors (Lipinski definition) is 3. The average Bonchev–Trinajstić information content (AvgIpc) is 2.68. The summed E-state index contributed by atoms with van der Waals surface area (Å²) < 4.78 is 0. The number of nitrogens with zero attached hydrogens (tertiary/aromatic N) is 2. The molecule has 2 rings (SSSR count). The van der Waals surface area contributed by atoms with Gasteiger partial charge < -0.3 is 15.5 Å². The van der Waals surface area contributed by atoms with Crippen LogP contribution in [0.1, 0.15) is 17.7 Å². The number of carbonyl (C=O) groups is 2. The Labute approximate surface area is 111 Å². The maximum Gasteiger partial charge on any atom is 0.311 e. The van der Waals surface area contributed by atoms with Gasteiger partial charge in [-0.05, 0) is 19.9 Å². The van der Waals surface area contributed by atoms with Gasteiger partial charge >= 0.3 is 11.8 Å². The number of aromatic nitrogens is 2. The Balaban J connectivity index is 1.85. The summed E-state index contributed by atoms with van der Waals surface area (Å²) in [4.78, 5) is 25.4. The minimum Gasteiger partial charge on any atom is -0.344 e. The van der Waals surface area contributed by atoms with Crippen molar-refractivity contribution >= 4 is 11.8 Å². The van der Waals surface area contributed by atoms with E-state index in [1.165, 1.54) is 0 Å². The van der Waals surface area contributed by atoms with Crippen molar-refractivity contribution in [2.45, 2.75) is 19.9 Å². The van der Waals surface area contributed by atoms with Gasteiger partial charge in [0.1, 0.15) is 0 Å². The molecule has 0 spiro atoms. The molecule has 0 radical (unpaired) electrons. The van der Waals surface area contributed by atoms with Gasteiger partial charge in [0, 0.05) is 37.4 Å². The number of nitrogens with one attached hydrogen (secondary N) is 3. The quantitative estimate of drug-likeness (QED) is 0.608. The minimum atomic E-state index is -0.553. The maximum atomic E-state index is 12.0. The summed E-state index contributed by atoms with van der Waals surface area (Å²) in [5, 5.41) is 12.5. The van der Waals surface area contributed by atoms with Crippen molar-refractivity contribution in [3.63, 3.8) is 0 Å². The monoisotopic (exact) mass is 265 g/mol. The summed E-state index contributed by atoms with van der Waals surface area (Å²) in [5.74, 6) is -1.01. The Morgan fingerprint density at radius 1 is 1.42 bits per heavy atom. The van der Waals surface area contributed by atoms with Crippen LogP contribution in [-0.2, 0) is 16.1 Å². The zero-order valence-corrected chi connectivity index (χ0v) is 11.0. The molecule has 104 valence electrons. The van der Waals surface area contributed by atoms with Crippen molar-refractivity contribution in [1.29, 1.82) is 0 Å². The first-order chi connectivity index (χ1) is 9.18. The van der Waals surface area contributed by atoms with Gasteiger partial charge in [-0.1, -0.05) is 0 Å².